The molecule has 0 saturated heterocycles. The van der Waals surface area contributed by atoms with E-state index >= 15 is 4.39 Å². The molecule has 0 aliphatic rings. The van der Waals surface area contributed by atoms with Crippen LogP contribution < -0.4 is 0 Å². The second-order valence-electron chi connectivity index (χ2n) is 15.7. The van der Waals surface area contributed by atoms with E-state index in [9.17, 15) is 4.39 Å². The molecule has 0 unspecified atom stereocenters. The van der Waals surface area contributed by atoms with Crippen molar-refractivity contribution in [3.8, 4) is 51.0 Å². The number of aromatic nitrogens is 4. The average molecular weight is 699 g/mol. The predicted molar refractivity (Wildman–Crippen MR) is 213 cm³/mol. The summed E-state index contributed by atoms with van der Waals surface area (Å²) in [6, 6.07) is 43.0. The highest BCUT2D eigenvalue weighted by Crippen LogP contribution is 2.41. The molecule has 8 rings (SSSR count). The van der Waals surface area contributed by atoms with Gasteiger partial charge in [0.1, 0.15) is 0 Å². The fourth-order valence-electron chi connectivity index (χ4n) is 6.94. The van der Waals surface area contributed by atoms with Crippen LogP contribution in [0.5, 0.6) is 0 Å². The summed E-state index contributed by atoms with van der Waals surface area (Å²) in [5, 5.41) is 2.18. The van der Waals surface area contributed by atoms with Crippen LogP contribution in [0.25, 0.3) is 72.8 Å². The van der Waals surface area contributed by atoms with Crippen molar-refractivity contribution in [2.75, 3.05) is 0 Å². The van der Waals surface area contributed by atoms with Gasteiger partial charge in [0.05, 0.1) is 16.7 Å². The monoisotopic (exact) mass is 698 g/mol. The molecule has 0 amide bonds. The molecule has 0 fully saturated rings. The van der Waals surface area contributed by atoms with Crippen LogP contribution in [0.2, 0.25) is 0 Å². The smallest absolute Gasteiger partial charge is 0.166 e. The molecule has 2 heterocycles. The Morgan fingerprint density at radius 3 is 1.47 bits per heavy atom. The fraction of sp³-hybridized carbons (Fsp3) is 0.170. The summed E-state index contributed by atoms with van der Waals surface area (Å²) in [4.78, 5) is 15.2. The van der Waals surface area contributed by atoms with Gasteiger partial charge >= 0.3 is 0 Å². The minimum atomic E-state index is -0.896. The molecule has 0 aliphatic carbocycles. The van der Waals surface area contributed by atoms with Gasteiger partial charge in [0.15, 0.2) is 29.1 Å². The van der Waals surface area contributed by atoms with Crippen LogP contribution in [-0.2, 0) is 10.8 Å². The largest absolute Gasteiger partial charge is 0.308 e. The van der Waals surface area contributed by atoms with Crippen molar-refractivity contribution in [3.05, 3.63) is 156 Å². The van der Waals surface area contributed by atoms with Gasteiger partial charge in [-0.05, 0) is 57.9 Å². The molecular weight excluding hydrogens is 659 g/mol. The number of halogens is 2. The lowest BCUT2D eigenvalue weighted by molar-refractivity contribution is 0.511. The van der Waals surface area contributed by atoms with E-state index in [2.05, 4.69) is 82.5 Å². The van der Waals surface area contributed by atoms with E-state index in [4.69, 9.17) is 15.0 Å². The van der Waals surface area contributed by atoms with E-state index < -0.39 is 11.6 Å². The van der Waals surface area contributed by atoms with Gasteiger partial charge < -0.3 is 4.57 Å². The summed E-state index contributed by atoms with van der Waals surface area (Å²) < 4.78 is 32.5. The molecule has 4 nitrogen and oxygen atoms in total. The average Bonchev–Trinajstić information content (AvgIpc) is 3.48. The third-order valence-corrected chi connectivity index (χ3v) is 9.94. The van der Waals surface area contributed by atoms with E-state index in [0.717, 1.165) is 50.2 Å². The van der Waals surface area contributed by atoms with Gasteiger partial charge in [-0.3, -0.25) is 0 Å². The maximum absolute atomic E-state index is 15.5. The highest BCUT2D eigenvalue weighted by molar-refractivity contribution is 6.10. The van der Waals surface area contributed by atoms with Crippen molar-refractivity contribution < 1.29 is 8.78 Å². The van der Waals surface area contributed by atoms with Crippen LogP contribution in [0.1, 0.15) is 52.7 Å². The van der Waals surface area contributed by atoms with Crippen LogP contribution in [0.15, 0.2) is 133 Å². The van der Waals surface area contributed by atoms with E-state index in [-0.39, 0.29) is 16.4 Å². The molecule has 0 radical (unpaired) electrons. The minimum absolute atomic E-state index is 0.120. The zero-order chi connectivity index (χ0) is 37.1. The molecule has 8 aromatic rings. The van der Waals surface area contributed by atoms with Crippen molar-refractivity contribution >= 4 is 21.8 Å². The highest BCUT2D eigenvalue weighted by Gasteiger charge is 2.24. The summed E-state index contributed by atoms with van der Waals surface area (Å²) in [7, 11) is 0. The van der Waals surface area contributed by atoms with Gasteiger partial charge in [0, 0.05) is 33.0 Å². The molecule has 0 bridgehead atoms. The van der Waals surface area contributed by atoms with E-state index in [1.165, 1.54) is 17.2 Å². The Labute approximate surface area is 308 Å². The van der Waals surface area contributed by atoms with E-state index in [1.807, 2.05) is 78.9 Å². The van der Waals surface area contributed by atoms with E-state index in [0.29, 0.717) is 23.0 Å². The first-order valence-corrected chi connectivity index (χ1v) is 17.9. The topological polar surface area (TPSA) is 43.6 Å². The van der Waals surface area contributed by atoms with Gasteiger partial charge in [0.25, 0.3) is 0 Å². The molecule has 0 N–H and O–H groups in total. The summed E-state index contributed by atoms with van der Waals surface area (Å²) in [6.45, 7) is 13.2. The number of hydrogen-bond acceptors (Lipinski definition) is 3. The predicted octanol–water partition coefficient (Wildman–Crippen LogP) is 12.5. The Kier molecular flexibility index (Phi) is 8.29. The van der Waals surface area contributed by atoms with Crippen molar-refractivity contribution in [2.24, 2.45) is 0 Å². The zero-order valence-corrected chi connectivity index (χ0v) is 30.7. The Balaban J connectivity index is 1.51. The summed E-state index contributed by atoms with van der Waals surface area (Å²) in [5.74, 6) is -0.253. The molecule has 0 saturated carbocycles. The number of hydrogen-bond donors (Lipinski definition) is 0. The molecule has 53 heavy (non-hydrogen) atoms. The maximum Gasteiger partial charge on any atom is 0.166 e. The lowest BCUT2D eigenvalue weighted by Crippen LogP contribution is -2.11. The Morgan fingerprint density at radius 2 is 0.962 bits per heavy atom. The molecule has 0 aliphatic heterocycles. The maximum atomic E-state index is 15.5. The number of benzene rings is 6. The van der Waals surface area contributed by atoms with Crippen LogP contribution in [0.4, 0.5) is 8.78 Å². The molecule has 0 atom stereocenters. The highest BCUT2D eigenvalue weighted by atomic mass is 19.2. The van der Waals surface area contributed by atoms with Gasteiger partial charge in [-0.15, -0.1) is 0 Å². The SMILES string of the molecule is CC(C)(C)c1ccc2c3ccc(C(C)(C)C)cc3n(-c3cc(-c4cccc(F)c4F)ccc3-c3nc(-c4ccccc4)nc(-c4ccccc4)n3)c2c1. The second kappa shape index (κ2) is 12.9. The van der Waals surface area contributed by atoms with Crippen molar-refractivity contribution in [3.63, 3.8) is 0 Å². The van der Waals surface area contributed by atoms with Gasteiger partial charge in [-0.1, -0.05) is 145 Å². The number of rotatable bonds is 5. The first-order valence-electron chi connectivity index (χ1n) is 17.9. The normalized spacial score (nSPS) is 12.2. The third kappa shape index (κ3) is 6.29. The molecule has 2 aromatic heterocycles. The van der Waals surface area contributed by atoms with Crippen LogP contribution in [0.3, 0.4) is 0 Å². The summed E-state index contributed by atoms with van der Waals surface area (Å²) in [6.07, 6.45) is 0. The lowest BCUT2D eigenvalue weighted by Gasteiger charge is -2.21. The zero-order valence-electron chi connectivity index (χ0n) is 30.7. The van der Waals surface area contributed by atoms with Crippen molar-refractivity contribution in [2.45, 2.75) is 52.4 Å². The van der Waals surface area contributed by atoms with Crippen LogP contribution >= 0.6 is 0 Å². The quantitative estimate of drug-likeness (QED) is 0.180. The second-order valence-corrected chi connectivity index (χ2v) is 15.7. The van der Waals surface area contributed by atoms with Crippen molar-refractivity contribution in [1.29, 1.82) is 0 Å². The molecule has 6 heteroatoms. The molecule has 262 valence electrons. The summed E-state index contributed by atoms with van der Waals surface area (Å²) in [5.41, 5.74) is 8.00. The molecule has 6 aromatic carbocycles. The Bertz CT molecular complexity index is 2520. The Morgan fingerprint density at radius 1 is 0.453 bits per heavy atom. The molecular formula is C47H40F2N4. The summed E-state index contributed by atoms with van der Waals surface area (Å²) >= 11 is 0. The molecule has 0 spiro atoms. The van der Waals surface area contributed by atoms with Gasteiger partial charge in [0.2, 0.25) is 0 Å². The van der Waals surface area contributed by atoms with Crippen LogP contribution in [0, 0.1) is 11.6 Å². The number of fused-ring (bicyclic) bond motifs is 3. The van der Waals surface area contributed by atoms with Crippen molar-refractivity contribution in [1.82, 2.24) is 19.5 Å². The van der Waals surface area contributed by atoms with Gasteiger partial charge in [-0.2, -0.15) is 0 Å². The minimum Gasteiger partial charge on any atom is -0.308 e. The fourth-order valence-corrected chi connectivity index (χ4v) is 6.94. The van der Waals surface area contributed by atoms with E-state index in [1.54, 1.807) is 6.07 Å². The first kappa shape index (κ1) is 34.1. The van der Waals surface area contributed by atoms with Gasteiger partial charge in [-0.25, -0.2) is 23.7 Å². The third-order valence-electron chi connectivity index (χ3n) is 9.94. The lowest BCUT2D eigenvalue weighted by atomic mass is 9.86. The number of nitrogens with zero attached hydrogens (tertiary/aromatic N) is 4. The van der Waals surface area contributed by atoms with Crippen LogP contribution in [-0.4, -0.2) is 19.5 Å². The Hall–Kier alpha value is -6.01. The standard InChI is InChI=1S/C47H40F2N4/c1-46(2,3)32-21-24-35-36-25-22-33(47(4,5)6)28-41(36)53(40(35)27-32)39-26-31(34-18-13-19-38(48)42(34)49)20-23-37(39)45-51-43(29-14-9-7-10-15-29)50-44(52-45)30-16-11-8-12-17-30/h7-28H,1-6H3. The first-order chi connectivity index (χ1) is 25.4.